The normalized spacial score (nSPS) is 13.9. The molecule has 0 unspecified atom stereocenters. The third kappa shape index (κ3) is 4.90. The molecule has 4 aromatic rings. The van der Waals surface area contributed by atoms with E-state index in [1.54, 1.807) is 7.11 Å². The van der Waals surface area contributed by atoms with E-state index in [4.69, 9.17) is 15.2 Å². The van der Waals surface area contributed by atoms with Crippen LogP contribution in [0.5, 0.6) is 5.75 Å². The molecule has 1 saturated heterocycles. The standard InChI is InChI=1S/C27H34N6O2/c1-3-4-11-30-26-25-24(31-27(28)32-26)21-7-5-6-8-22(21)33(25)15-20-12-18(9-10-23(20)34-2)13-29-14-19-16-35-17-19/h5-10,12,19,29H,3-4,11,13-17H2,1-2H3,(H3,28,30,31,32). The minimum absolute atomic E-state index is 0.280. The highest BCUT2D eigenvalue weighted by Crippen LogP contribution is 2.34. The summed E-state index contributed by atoms with van der Waals surface area (Å²) in [5, 5.41) is 8.13. The lowest BCUT2D eigenvalue weighted by atomic mass is 10.1. The Labute approximate surface area is 205 Å². The van der Waals surface area contributed by atoms with E-state index in [1.807, 2.05) is 6.07 Å². The molecule has 35 heavy (non-hydrogen) atoms. The summed E-state index contributed by atoms with van der Waals surface area (Å²) in [5.74, 6) is 2.54. The number of nitrogen functional groups attached to an aromatic ring is 1. The van der Waals surface area contributed by atoms with Gasteiger partial charge in [-0.2, -0.15) is 4.98 Å². The van der Waals surface area contributed by atoms with Crippen LogP contribution in [-0.2, 0) is 17.8 Å². The Morgan fingerprint density at radius 1 is 1.17 bits per heavy atom. The van der Waals surface area contributed by atoms with Gasteiger partial charge in [-0.05, 0) is 30.2 Å². The molecule has 2 aromatic heterocycles. The lowest BCUT2D eigenvalue weighted by molar-refractivity contribution is -0.0307. The van der Waals surface area contributed by atoms with Crippen LogP contribution >= 0.6 is 0 Å². The van der Waals surface area contributed by atoms with Crippen molar-refractivity contribution in [3.05, 3.63) is 53.6 Å². The monoisotopic (exact) mass is 474 g/mol. The van der Waals surface area contributed by atoms with Gasteiger partial charge in [0.25, 0.3) is 0 Å². The molecule has 0 atom stereocenters. The molecule has 5 rings (SSSR count). The molecule has 4 N–H and O–H groups in total. The van der Waals surface area contributed by atoms with Crippen molar-refractivity contribution < 1.29 is 9.47 Å². The number of nitrogens with zero attached hydrogens (tertiary/aromatic N) is 3. The van der Waals surface area contributed by atoms with E-state index >= 15 is 0 Å². The van der Waals surface area contributed by atoms with Crippen molar-refractivity contribution in [1.82, 2.24) is 19.9 Å². The average molecular weight is 475 g/mol. The molecule has 8 heteroatoms. The van der Waals surface area contributed by atoms with Crippen molar-refractivity contribution in [2.24, 2.45) is 5.92 Å². The van der Waals surface area contributed by atoms with Gasteiger partial charge < -0.3 is 30.4 Å². The van der Waals surface area contributed by atoms with Crippen LogP contribution in [0.2, 0.25) is 0 Å². The Hall–Kier alpha value is -3.36. The van der Waals surface area contributed by atoms with Gasteiger partial charge >= 0.3 is 0 Å². The molecular formula is C27H34N6O2. The van der Waals surface area contributed by atoms with Crippen molar-refractivity contribution in [3.8, 4) is 5.75 Å². The fourth-order valence-corrected chi connectivity index (χ4v) is 4.68. The summed E-state index contributed by atoms with van der Waals surface area (Å²) in [5.41, 5.74) is 11.4. The molecule has 1 aliphatic rings. The van der Waals surface area contributed by atoms with Gasteiger partial charge in [-0.3, -0.25) is 0 Å². The first-order valence-corrected chi connectivity index (χ1v) is 12.4. The first-order chi connectivity index (χ1) is 17.2. The molecule has 3 heterocycles. The van der Waals surface area contributed by atoms with Crippen LogP contribution < -0.4 is 21.1 Å². The molecular weight excluding hydrogens is 440 g/mol. The van der Waals surface area contributed by atoms with Crippen LogP contribution in [0.1, 0.15) is 30.9 Å². The number of unbranched alkanes of at least 4 members (excludes halogenated alkanes) is 1. The molecule has 1 fully saturated rings. The minimum Gasteiger partial charge on any atom is -0.496 e. The number of hydrogen-bond donors (Lipinski definition) is 3. The van der Waals surface area contributed by atoms with Crippen LogP contribution in [0.3, 0.4) is 0 Å². The second kappa shape index (κ2) is 10.5. The molecule has 2 aromatic carbocycles. The molecule has 0 radical (unpaired) electrons. The predicted octanol–water partition coefficient (Wildman–Crippen LogP) is 4.17. The van der Waals surface area contributed by atoms with Crippen LogP contribution in [0.4, 0.5) is 11.8 Å². The van der Waals surface area contributed by atoms with Gasteiger partial charge in [-0.25, -0.2) is 4.98 Å². The topological polar surface area (TPSA) is 99.2 Å². The fourth-order valence-electron chi connectivity index (χ4n) is 4.68. The Bertz CT molecular complexity index is 1310. The van der Waals surface area contributed by atoms with E-state index in [2.05, 4.69) is 68.5 Å². The number of aromatic nitrogens is 3. The number of rotatable bonds is 11. The van der Waals surface area contributed by atoms with E-state index in [0.29, 0.717) is 12.5 Å². The molecule has 0 spiro atoms. The fraction of sp³-hybridized carbons (Fsp3) is 0.407. The maximum atomic E-state index is 6.12. The van der Waals surface area contributed by atoms with Crippen LogP contribution in [-0.4, -0.2) is 47.9 Å². The van der Waals surface area contributed by atoms with E-state index in [1.165, 1.54) is 5.56 Å². The SMILES string of the molecule is CCCCNc1nc(N)nc2c3ccccc3n(Cc3cc(CNCC4COC4)ccc3OC)c12. The average Bonchev–Trinajstić information content (AvgIpc) is 3.14. The van der Waals surface area contributed by atoms with Gasteiger partial charge in [0.05, 0.1) is 32.4 Å². The highest BCUT2D eigenvalue weighted by atomic mass is 16.5. The van der Waals surface area contributed by atoms with Crippen molar-refractivity contribution in [1.29, 1.82) is 0 Å². The van der Waals surface area contributed by atoms with Gasteiger partial charge in [0.15, 0.2) is 5.82 Å². The van der Waals surface area contributed by atoms with Gasteiger partial charge in [0.2, 0.25) is 5.95 Å². The maximum Gasteiger partial charge on any atom is 0.222 e. The number of anilines is 2. The van der Waals surface area contributed by atoms with E-state index < -0.39 is 0 Å². The molecule has 184 valence electrons. The van der Waals surface area contributed by atoms with Crippen LogP contribution in [0, 0.1) is 5.92 Å². The second-order valence-corrected chi connectivity index (χ2v) is 9.19. The smallest absolute Gasteiger partial charge is 0.222 e. The number of ether oxygens (including phenoxy) is 2. The zero-order valence-electron chi connectivity index (χ0n) is 20.5. The largest absolute Gasteiger partial charge is 0.496 e. The number of nitrogens with one attached hydrogen (secondary N) is 2. The third-order valence-corrected chi connectivity index (χ3v) is 6.59. The minimum atomic E-state index is 0.280. The van der Waals surface area contributed by atoms with E-state index in [9.17, 15) is 0 Å². The number of para-hydroxylation sites is 1. The maximum absolute atomic E-state index is 6.12. The molecule has 0 bridgehead atoms. The van der Waals surface area contributed by atoms with Gasteiger partial charge in [-0.1, -0.05) is 37.6 Å². The summed E-state index contributed by atoms with van der Waals surface area (Å²) >= 11 is 0. The summed E-state index contributed by atoms with van der Waals surface area (Å²) < 4.78 is 13.3. The van der Waals surface area contributed by atoms with Crippen molar-refractivity contribution in [3.63, 3.8) is 0 Å². The number of nitrogens with two attached hydrogens (primary N) is 1. The Morgan fingerprint density at radius 2 is 2.03 bits per heavy atom. The number of hydrogen-bond acceptors (Lipinski definition) is 7. The zero-order valence-corrected chi connectivity index (χ0v) is 20.5. The summed E-state index contributed by atoms with van der Waals surface area (Å²) in [7, 11) is 1.72. The quantitative estimate of drug-likeness (QED) is 0.281. The van der Waals surface area contributed by atoms with Crippen molar-refractivity contribution in [2.45, 2.75) is 32.9 Å². The summed E-state index contributed by atoms with van der Waals surface area (Å²) in [6.45, 7) is 7.14. The van der Waals surface area contributed by atoms with Crippen molar-refractivity contribution >= 4 is 33.7 Å². The third-order valence-electron chi connectivity index (χ3n) is 6.59. The highest BCUT2D eigenvalue weighted by molar-refractivity contribution is 6.09. The predicted molar refractivity (Wildman–Crippen MR) is 141 cm³/mol. The number of methoxy groups -OCH3 is 1. The van der Waals surface area contributed by atoms with Gasteiger partial charge in [0, 0.05) is 36.5 Å². The number of benzene rings is 2. The molecule has 0 saturated carbocycles. The van der Waals surface area contributed by atoms with E-state index in [-0.39, 0.29) is 5.95 Å². The summed E-state index contributed by atoms with van der Waals surface area (Å²) in [6.07, 6.45) is 2.16. The Morgan fingerprint density at radius 3 is 2.80 bits per heavy atom. The lowest BCUT2D eigenvalue weighted by Crippen LogP contribution is -2.36. The van der Waals surface area contributed by atoms with Crippen molar-refractivity contribution in [2.75, 3.05) is 44.5 Å². The van der Waals surface area contributed by atoms with Crippen LogP contribution in [0.25, 0.3) is 21.9 Å². The summed E-state index contributed by atoms with van der Waals surface area (Å²) in [6, 6.07) is 14.7. The van der Waals surface area contributed by atoms with Gasteiger partial charge in [-0.15, -0.1) is 0 Å². The highest BCUT2D eigenvalue weighted by Gasteiger charge is 2.20. The molecule has 8 nitrogen and oxygen atoms in total. The van der Waals surface area contributed by atoms with Crippen LogP contribution in [0.15, 0.2) is 42.5 Å². The first kappa shape index (κ1) is 23.4. The Balaban J connectivity index is 1.53. The zero-order chi connectivity index (χ0) is 24.2. The molecule has 0 aliphatic carbocycles. The lowest BCUT2D eigenvalue weighted by Gasteiger charge is -2.26. The van der Waals surface area contributed by atoms with E-state index in [0.717, 1.165) is 84.8 Å². The molecule has 0 amide bonds. The second-order valence-electron chi connectivity index (χ2n) is 9.19. The molecule has 1 aliphatic heterocycles. The first-order valence-electron chi connectivity index (χ1n) is 12.4. The summed E-state index contributed by atoms with van der Waals surface area (Å²) in [4.78, 5) is 9.22. The number of fused-ring (bicyclic) bond motifs is 3. The van der Waals surface area contributed by atoms with Gasteiger partial charge in [0.1, 0.15) is 16.8 Å². The Kier molecular flexibility index (Phi) is 7.01.